The van der Waals surface area contributed by atoms with Crippen molar-refractivity contribution >= 4 is 5.96 Å². The van der Waals surface area contributed by atoms with E-state index in [4.69, 9.17) is 4.99 Å². The van der Waals surface area contributed by atoms with Crippen LogP contribution < -0.4 is 5.32 Å². The molecule has 2 heterocycles. The fourth-order valence-corrected chi connectivity index (χ4v) is 3.57. The maximum Gasteiger partial charge on any atom is 0.193 e. The van der Waals surface area contributed by atoms with Gasteiger partial charge < -0.3 is 10.2 Å². The van der Waals surface area contributed by atoms with Crippen molar-refractivity contribution in [3.63, 3.8) is 0 Å². The molecule has 26 heavy (non-hydrogen) atoms. The first-order chi connectivity index (χ1) is 12.6. The molecule has 0 bridgehead atoms. The molecule has 0 saturated carbocycles. The summed E-state index contributed by atoms with van der Waals surface area (Å²) in [6, 6.07) is 8.76. The van der Waals surface area contributed by atoms with Crippen LogP contribution in [0.4, 0.5) is 0 Å². The highest BCUT2D eigenvalue weighted by Gasteiger charge is 2.25. The second-order valence-electron chi connectivity index (χ2n) is 7.30. The van der Waals surface area contributed by atoms with Crippen LogP contribution in [0, 0.1) is 12.8 Å². The Kier molecular flexibility index (Phi) is 6.31. The largest absolute Gasteiger partial charge is 0.357 e. The third kappa shape index (κ3) is 5.10. The van der Waals surface area contributed by atoms with Crippen LogP contribution in [0.5, 0.6) is 0 Å². The molecule has 0 amide bonds. The lowest BCUT2D eigenvalue weighted by Crippen LogP contribution is -2.40. The second-order valence-corrected chi connectivity index (χ2v) is 7.30. The average molecular weight is 354 g/mol. The van der Waals surface area contributed by atoms with Gasteiger partial charge in [-0.25, -0.2) is 0 Å². The molecule has 1 aromatic heterocycles. The van der Waals surface area contributed by atoms with Crippen LogP contribution in [0.15, 0.2) is 41.7 Å². The Labute approximate surface area is 157 Å². The maximum atomic E-state index is 4.87. The number of hydrogen-bond donors (Lipinski definition) is 1. The van der Waals surface area contributed by atoms with Gasteiger partial charge in [-0.2, -0.15) is 5.10 Å². The van der Waals surface area contributed by atoms with Crippen LogP contribution in [-0.2, 0) is 19.9 Å². The monoisotopic (exact) mass is 353 g/mol. The number of guanidine groups is 1. The van der Waals surface area contributed by atoms with E-state index in [0.717, 1.165) is 45.0 Å². The van der Waals surface area contributed by atoms with Crippen LogP contribution in [-0.4, -0.2) is 46.8 Å². The lowest BCUT2D eigenvalue weighted by atomic mass is 10.0. The first-order valence-corrected chi connectivity index (χ1v) is 9.70. The molecule has 0 aliphatic carbocycles. The van der Waals surface area contributed by atoms with Crippen LogP contribution >= 0.6 is 0 Å². The van der Waals surface area contributed by atoms with E-state index in [-0.39, 0.29) is 0 Å². The van der Waals surface area contributed by atoms with Crippen molar-refractivity contribution in [2.75, 3.05) is 26.2 Å². The average Bonchev–Trinajstić information content (AvgIpc) is 3.25. The predicted molar refractivity (Wildman–Crippen MR) is 107 cm³/mol. The molecule has 1 unspecified atom stereocenters. The molecule has 1 N–H and O–H groups in total. The van der Waals surface area contributed by atoms with Gasteiger partial charge in [0.05, 0.1) is 6.20 Å². The summed E-state index contributed by atoms with van der Waals surface area (Å²) in [5, 5.41) is 7.75. The van der Waals surface area contributed by atoms with E-state index in [0.29, 0.717) is 5.92 Å². The Hall–Kier alpha value is -2.30. The van der Waals surface area contributed by atoms with Crippen molar-refractivity contribution in [2.24, 2.45) is 18.0 Å². The van der Waals surface area contributed by atoms with E-state index in [9.17, 15) is 0 Å². The molecule has 140 valence electrons. The molecular weight excluding hydrogens is 322 g/mol. The van der Waals surface area contributed by atoms with Crippen molar-refractivity contribution in [2.45, 2.75) is 33.1 Å². The number of aliphatic imine (C=N–C) groups is 1. The van der Waals surface area contributed by atoms with Gasteiger partial charge in [-0.05, 0) is 50.2 Å². The van der Waals surface area contributed by atoms with E-state index in [1.54, 1.807) is 0 Å². The maximum absolute atomic E-state index is 4.87. The summed E-state index contributed by atoms with van der Waals surface area (Å²) in [5.41, 5.74) is 3.99. The zero-order chi connectivity index (χ0) is 18.4. The van der Waals surface area contributed by atoms with E-state index in [1.807, 2.05) is 17.9 Å². The summed E-state index contributed by atoms with van der Waals surface area (Å²) >= 11 is 0. The fraction of sp³-hybridized carbons (Fsp3) is 0.524. The van der Waals surface area contributed by atoms with Gasteiger partial charge in [-0.1, -0.05) is 29.8 Å². The summed E-state index contributed by atoms with van der Waals surface area (Å²) in [6.45, 7) is 8.16. The first-order valence-electron chi connectivity index (χ1n) is 9.70. The highest BCUT2D eigenvalue weighted by molar-refractivity contribution is 5.80. The Morgan fingerprint density at radius 3 is 2.77 bits per heavy atom. The van der Waals surface area contributed by atoms with Crippen molar-refractivity contribution in [1.29, 1.82) is 0 Å². The van der Waals surface area contributed by atoms with E-state index in [1.165, 1.54) is 23.1 Å². The van der Waals surface area contributed by atoms with Crippen molar-refractivity contribution in [1.82, 2.24) is 20.0 Å². The number of benzene rings is 1. The minimum atomic E-state index is 0.681. The third-order valence-electron chi connectivity index (χ3n) is 4.99. The van der Waals surface area contributed by atoms with Gasteiger partial charge in [0, 0.05) is 39.4 Å². The summed E-state index contributed by atoms with van der Waals surface area (Å²) in [6.07, 6.45) is 7.43. The third-order valence-corrected chi connectivity index (χ3v) is 4.99. The molecule has 1 aromatic carbocycles. The molecule has 0 radical (unpaired) electrons. The fourth-order valence-electron chi connectivity index (χ4n) is 3.57. The number of nitrogens with zero attached hydrogens (tertiary/aromatic N) is 4. The van der Waals surface area contributed by atoms with Gasteiger partial charge >= 0.3 is 0 Å². The number of rotatable bonds is 6. The molecule has 5 heteroatoms. The molecule has 0 spiro atoms. The number of nitrogens with one attached hydrogen (secondary N) is 1. The Morgan fingerprint density at radius 1 is 1.27 bits per heavy atom. The molecule has 1 aliphatic rings. The van der Waals surface area contributed by atoms with Gasteiger partial charge in [-0.3, -0.25) is 9.67 Å². The molecule has 1 fully saturated rings. The molecule has 1 aliphatic heterocycles. The highest BCUT2D eigenvalue weighted by Crippen LogP contribution is 2.20. The van der Waals surface area contributed by atoms with Crippen molar-refractivity contribution in [3.05, 3.63) is 53.3 Å². The minimum absolute atomic E-state index is 0.681. The SMILES string of the molecule is CCNC(=NCCc1ccc(C)cc1)N1CCC(Cc2cnn(C)c2)C1. The Bertz CT molecular complexity index is 716. The Balaban J connectivity index is 1.54. The summed E-state index contributed by atoms with van der Waals surface area (Å²) < 4.78 is 1.89. The molecule has 5 nitrogen and oxygen atoms in total. The number of likely N-dealkylation sites (tertiary alicyclic amines) is 1. The summed E-state index contributed by atoms with van der Waals surface area (Å²) in [4.78, 5) is 7.29. The lowest BCUT2D eigenvalue weighted by molar-refractivity contribution is 0.460. The van der Waals surface area contributed by atoms with Gasteiger partial charge in [-0.15, -0.1) is 0 Å². The lowest BCUT2D eigenvalue weighted by Gasteiger charge is -2.21. The second kappa shape index (κ2) is 8.88. The standard InChI is InChI=1S/C21H31N5/c1-4-22-21(23-11-9-18-7-5-17(2)6-8-18)26-12-10-19(16-26)13-20-14-24-25(3)15-20/h5-8,14-15,19H,4,9-13,16H2,1-3H3,(H,22,23). The molecule has 3 rings (SSSR count). The smallest absolute Gasteiger partial charge is 0.193 e. The molecule has 1 saturated heterocycles. The summed E-state index contributed by atoms with van der Waals surface area (Å²) in [7, 11) is 1.98. The topological polar surface area (TPSA) is 45.5 Å². The number of aryl methyl sites for hydroxylation is 2. The highest BCUT2D eigenvalue weighted by atomic mass is 15.3. The van der Waals surface area contributed by atoms with E-state index >= 15 is 0 Å². The Morgan fingerprint density at radius 2 is 2.08 bits per heavy atom. The van der Waals surface area contributed by atoms with Crippen LogP contribution in [0.25, 0.3) is 0 Å². The molecule has 2 aromatic rings. The van der Waals surface area contributed by atoms with Crippen LogP contribution in [0.3, 0.4) is 0 Å². The van der Waals surface area contributed by atoms with Crippen molar-refractivity contribution in [3.8, 4) is 0 Å². The molecular formula is C21H31N5. The molecule has 1 atom stereocenters. The van der Waals surface area contributed by atoms with Gasteiger partial charge in [0.25, 0.3) is 0 Å². The summed E-state index contributed by atoms with van der Waals surface area (Å²) in [5.74, 6) is 1.74. The van der Waals surface area contributed by atoms with Crippen LogP contribution in [0.1, 0.15) is 30.0 Å². The minimum Gasteiger partial charge on any atom is -0.357 e. The van der Waals surface area contributed by atoms with Gasteiger partial charge in [0.1, 0.15) is 0 Å². The normalized spacial score (nSPS) is 17.7. The van der Waals surface area contributed by atoms with Gasteiger partial charge in [0.15, 0.2) is 5.96 Å². The zero-order valence-corrected chi connectivity index (χ0v) is 16.3. The van der Waals surface area contributed by atoms with E-state index in [2.05, 4.69) is 59.6 Å². The van der Waals surface area contributed by atoms with Crippen LogP contribution in [0.2, 0.25) is 0 Å². The first kappa shape index (κ1) is 18.5. The van der Waals surface area contributed by atoms with E-state index < -0.39 is 0 Å². The number of aromatic nitrogens is 2. The zero-order valence-electron chi connectivity index (χ0n) is 16.3. The predicted octanol–water partition coefficient (Wildman–Crippen LogP) is 2.80. The van der Waals surface area contributed by atoms with Gasteiger partial charge in [0.2, 0.25) is 0 Å². The quantitative estimate of drug-likeness (QED) is 0.642. The van der Waals surface area contributed by atoms with Crippen molar-refractivity contribution < 1.29 is 0 Å². The number of hydrogen-bond acceptors (Lipinski definition) is 2.